The second kappa shape index (κ2) is 8.38. The second-order valence-corrected chi connectivity index (χ2v) is 6.35. The van der Waals surface area contributed by atoms with Crippen LogP contribution in [0.5, 0.6) is 5.75 Å². The SMILES string of the molecule is O=C(NNc1ccc(OC(F)(F)F)cc1)c1cccn1-c1ncc(C(F)(F)F)cc1Cl. The highest BCUT2D eigenvalue weighted by molar-refractivity contribution is 6.32. The number of nitrogens with zero attached hydrogens (tertiary/aromatic N) is 2. The molecule has 0 atom stereocenters. The number of alkyl halides is 6. The minimum atomic E-state index is -4.83. The summed E-state index contributed by atoms with van der Waals surface area (Å²) in [6, 6.07) is 8.05. The summed E-state index contributed by atoms with van der Waals surface area (Å²) in [6.07, 6.45) is -7.50. The number of anilines is 1. The van der Waals surface area contributed by atoms with E-state index in [2.05, 4.69) is 20.6 Å². The van der Waals surface area contributed by atoms with Crippen LogP contribution in [0.3, 0.4) is 0 Å². The van der Waals surface area contributed by atoms with Crippen LogP contribution in [0.25, 0.3) is 5.82 Å². The van der Waals surface area contributed by atoms with Gasteiger partial charge in [-0.2, -0.15) is 13.2 Å². The fourth-order valence-corrected chi connectivity index (χ4v) is 2.70. The number of carbonyl (C=O) groups excluding carboxylic acids is 1. The van der Waals surface area contributed by atoms with Crippen LogP contribution in [0.2, 0.25) is 5.02 Å². The predicted molar refractivity (Wildman–Crippen MR) is 97.8 cm³/mol. The van der Waals surface area contributed by atoms with Gasteiger partial charge in [0.1, 0.15) is 11.4 Å². The van der Waals surface area contributed by atoms with Crippen molar-refractivity contribution in [1.29, 1.82) is 0 Å². The first-order chi connectivity index (χ1) is 14.4. The lowest BCUT2D eigenvalue weighted by molar-refractivity contribution is -0.274. The van der Waals surface area contributed by atoms with Gasteiger partial charge in [-0.3, -0.25) is 20.2 Å². The van der Waals surface area contributed by atoms with Crippen molar-refractivity contribution in [2.75, 3.05) is 5.43 Å². The standard InChI is InChI=1S/C18H11ClF6N4O2/c19-13-8-10(17(20,21)22)9-26-15(13)29-7-1-2-14(29)16(30)28-27-11-3-5-12(6-4-11)31-18(23,24)25/h1-9,27H,(H,28,30). The number of rotatable bonds is 5. The van der Waals surface area contributed by atoms with Gasteiger partial charge in [-0.05, 0) is 42.5 Å². The van der Waals surface area contributed by atoms with Crippen molar-refractivity contribution in [3.63, 3.8) is 0 Å². The summed E-state index contributed by atoms with van der Waals surface area (Å²) in [5.74, 6) is -1.25. The maximum Gasteiger partial charge on any atom is 0.573 e. The van der Waals surface area contributed by atoms with Crippen LogP contribution in [0.4, 0.5) is 32.0 Å². The molecule has 0 saturated carbocycles. The summed E-state index contributed by atoms with van der Waals surface area (Å²) in [7, 11) is 0. The molecule has 13 heteroatoms. The van der Waals surface area contributed by atoms with E-state index in [1.807, 2.05) is 0 Å². The Labute approximate surface area is 175 Å². The average molecular weight is 465 g/mol. The molecule has 3 rings (SSSR count). The quantitative estimate of drug-likeness (QED) is 0.402. The Balaban J connectivity index is 1.72. The fourth-order valence-electron chi connectivity index (χ4n) is 2.45. The van der Waals surface area contributed by atoms with Crippen molar-refractivity contribution in [1.82, 2.24) is 15.0 Å². The Bertz CT molecular complexity index is 1080. The lowest BCUT2D eigenvalue weighted by Crippen LogP contribution is -2.31. The molecule has 3 aromatic rings. The van der Waals surface area contributed by atoms with Crippen molar-refractivity contribution >= 4 is 23.2 Å². The van der Waals surface area contributed by atoms with E-state index < -0.39 is 29.8 Å². The molecule has 2 N–H and O–H groups in total. The number of benzene rings is 1. The molecule has 0 saturated heterocycles. The van der Waals surface area contributed by atoms with Crippen LogP contribution in [-0.4, -0.2) is 21.8 Å². The molecule has 1 amide bonds. The largest absolute Gasteiger partial charge is 0.573 e. The highest BCUT2D eigenvalue weighted by Gasteiger charge is 2.32. The first kappa shape index (κ1) is 22.3. The molecular formula is C18H11ClF6N4O2. The highest BCUT2D eigenvalue weighted by Crippen LogP contribution is 2.32. The van der Waals surface area contributed by atoms with Crippen LogP contribution < -0.4 is 15.6 Å². The Morgan fingerprint density at radius 3 is 2.32 bits per heavy atom. The summed E-state index contributed by atoms with van der Waals surface area (Å²) in [5.41, 5.74) is 3.99. The van der Waals surface area contributed by atoms with E-state index >= 15 is 0 Å². The third-order valence-corrected chi connectivity index (χ3v) is 4.05. The summed E-state index contributed by atoms with van der Waals surface area (Å²) in [6.45, 7) is 0. The number of hydrogen-bond acceptors (Lipinski definition) is 4. The predicted octanol–water partition coefficient (Wildman–Crippen LogP) is 5.20. The van der Waals surface area contributed by atoms with Crippen LogP contribution in [0.1, 0.15) is 16.1 Å². The Kier molecular flexibility index (Phi) is 6.02. The van der Waals surface area contributed by atoms with Gasteiger partial charge in [0.15, 0.2) is 5.82 Å². The first-order valence-corrected chi connectivity index (χ1v) is 8.64. The number of carbonyl (C=O) groups is 1. The zero-order chi connectivity index (χ0) is 22.8. The fraction of sp³-hybridized carbons (Fsp3) is 0.111. The molecule has 0 spiro atoms. The molecule has 0 radical (unpaired) electrons. The van der Waals surface area contributed by atoms with Gasteiger partial charge < -0.3 is 4.74 Å². The van der Waals surface area contributed by atoms with Gasteiger partial charge in [-0.1, -0.05) is 11.6 Å². The number of aromatic nitrogens is 2. The number of hydrazine groups is 1. The number of ether oxygens (including phenoxy) is 1. The minimum absolute atomic E-state index is 0.0151. The van der Waals surface area contributed by atoms with Crippen molar-refractivity contribution in [2.45, 2.75) is 12.5 Å². The van der Waals surface area contributed by atoms with Gasteiger partial charge in [0.25, 0.3) is 5.91 Å². The molecule has 0 aliphatic heterocycles. The topological polar surface area (TPSA) is 68.2 Å². The van der Waals surface area contributed by atoms with Crippen molar-refractivity contribution in [2.24, 2.45) is 0 Å². The van der Waals surface area contributed by atoms with Gasteiger partial charge in [-0.15, -0.1) is 13.2 Å². The van der Waals surface area contributed by atoms with E-state index in [-0.39, 0.29) is 22.2 Å². The van der Waals surface area contributed by atoms with Gasteiger partial charge in [0.05, 0.1) is 16.3 Å². The molecule has 2 aromatic heterocycles. The molecule has 2 heterocycles. The van der Waals surface area contributed by atoms with E-state index in [0.717, 1.165) is 12.1 Å². The molecule has 0 aliphatic rings. The Morgan fingerprint density at radius 2 is 1.74 bits per heavy atom. The molecule has 0 fully saturated rings. The van der Waals surface area contributed by atoms with Gasteiger partial charge in [0.2, 0.25) is 0 Å². The maximum atomic E-state index is 12.8. The van der Waals surface area contributed by atoms with Crippen molar-refractivity contribution in [3.8, 4) is 11.6 Å². The van der Waals surface area contributed by atoms with Gasteiger partial charge >= 0.3 is 12.5 Å². The van der Waals surface area contributed by atoms with Crippen LogP contribution in [0.15, 0.2) is 54.9 Å². The van der Waals surface area contributed by atoms with E-state index in [0.29, 0.717) is 12.3 Å². The number of pyridine rings is 1. The summed E-state index contributed by atoms with van der Waals surface area (Å²) in [4.78, 5) is 16.1. The van der Waals surface area contributed by atoms with Crippen molar-refractivity contribution < 1.29 is 35.9 Å². The molecule has 0 unspecified atom stereocenters. The summed E-state index contributed by atoms with van der Waals surface area (Å²) >= 11 is 5.91. The van der Waals surface area contributed by atoms with Crippen LogP contribution in [0, 0.1) is 0 Å². The normalized spacial score (nSPS) is 11.8. The molecule has 164 valence electrons. The lowest BCUT2D eigenvalue weighted by atomic mass is 10.2. The third kappa shape index (κ3) is 5.60. The van der Waals surface area contributed by atoms with Crippen molar-refractivity contribution in [3.05, 3.63) is 71.1 Å². The lowest BCUT2D eigenvalue weighted by Gasteiger charge is -2.14. The van der Waals surface area contributed by atoms with Gasteiger partial charge in [0, 0.05) is 12.4 Å². The van der Waals surface area contributed by atoms with E-state index in [9.17, 15) is 31.1 Å². The number of halogens is 7. The molecule has 1 aromatic carbocycles. The molecule has 0 bridgehead atoms. The summed E-state index contributed by atoms with van der Waals surface area (Å²) < 4.78 is 79.8. The monoisotopic (exact) mass is 464 g/mol. The number of nitrogens with one attached hydrogen (secondary N) is 2. The first-order valence-electron chi connectivity index (χ1n) is 8.27. The Morgan fingerprint density at radius 1 is 1.06 bits per heavy atom. The average Bonchev–Trinajstić information content (AvgIpc) is 3.15. The molecule has 31 heavy (non-hydrogen) atoms. The smallest absolute Gasteiger partial charge is 0.406 e. The maximum absolute atomic E-state index is 12.8. The van der Waals surface area contributed by atoms with Gasteiger partial charge in [-0.25, -0.2) is 4.98 Å². The minimum Gasteiger partial charge on any atom is -0.406 e. The molecule has 6 nitrogen and oxygen atoms in total. The molecule has 0 aliphatic carbocycles. The third-order valence-electron chi connectivity index (χ3n) is 3.77. The zero-order valence-corrected chi connectivity index (χ0v) is 15.8. The highest BCUT2D eigenvalue weighted by atomic mass is 35.5. The zero-order valence-electron chi connectivity index (χ0n) is 15.1. The number of amides is 1. The summed E-state index contributed by atoms with van der Waals surface area (Å²) in [5, 5.41) is -0.326. The molecular weight excluding hydrogens is 454 g/mol. The van der Waals surface area contributed by atoms with E-state index in [1.165, 1.54) is 35.0 Å². The second-order valence-electron chi connectivity index (χ2n) is 5.94. The Hall–Kier alpha value is -3.41. The van der Waals surface area contributed by atoms with Crippen LogP contribution >= 0.6 is 11.6 Å². The van der Waals surface area contributed by atoms with E-state index in [1.54, 1.807) is 0 Å². The van der Waals surface area contributed by atoms with E-state index in [4.69, 9.17) is 11.6 Å². The van der Waals surface area contributed by atoms with Crippen LogP contribution in [-0.2, 0) is 6.18 Å². The number of hydrogen-bond donors (Lipinski definition) is 2.